The van der Waals surface area contributed by atoms with Gasteiger partial charge in [-0.3, -0.25) is 4.98 Å². The van der Waals surface area contributed by atoms with Gasteiger partial charge in [0.1, 0.15) is 0 Å². The summed E-state index contributed by atoms with van der Waals surface area (Å²) in [6.45, 7) is 0. The van der Waals surface area contributed by atoms with E-state index < -0.39 is 0 Å². The second-order valence-electron chi connectivity index (χ2n) is 4.19. The Balaban J connectivity index is 1.99. The average Bonchev–Trinajstić information content (AvgIpc) is 2.48. The standard InChI is InChI=1S/C16H11N3/c17-11-12-6-8-13(9-7-12)19-16-5-1-4-15-14(16)3-2-10-18-15/h1-10,19H. The Kier molecular flexibility index (Phi) is 2.83. The highest BCUT2D eigenvalue weighted by atomic mass is 14.9. The lowest BCUT2D eigenvalue weighted by molar-refractivity contribution is 1.41. The van der Waals surface area contributed by atoms with Crippen molar-refractivity contribution in [2.45, 2.75) is 0 Å². The van der Waals surface area contributed by atoms with Gasteiger partial charge in [-0.15, -0.1) is 0 Å². The van der Waals surface area contributed by atoms with E-state index in [2.05, 4.69) is 16.4 Å². The lowest BCUT2D eigenvalue weighted by Crippen LogP contribution is -1.92. The Bertz CT molecular complexity index is 750. The Morgan fingerprint density at radius 3 is 2.58 bits per heavy atom. The second-order valence-corrected chi connectivity index (χ2v) is 4.19. The van der Waals surface area contributed by atoms with Crippen molar-refractivity contribution in [3.63, 3.8) is 0 Å². The van der Waals surface area contributed by atoms with E-state index in [1.807, 2.05) is 42.5 Å². The molecule has 0 aliphatic heterocycles. The van der Waals surface area contributed by atoms with Gasteiger partial charge in [-0.1, -0.05) is 6.07 Å². The summed E-state index contributed by atoms with van der Waals surface area (Å²) < 4.78 is 0. The van der Waals surface area contributed by atoms with Crippen LogP contribution in [-0.2, 0) is 0 Å². The van der Waals surface area contributed by atoms with Crippen molar-refractivity contribution >= 4 is 22.3 Å². The highest BCUT2D eigenvalue weighted by Gasteiger charge is 2.01. The van der Waals surface area contributed by atoms with Gasteiger partial charge < -0.3 is 5.32 Å². The maximum atomic E-state index is 8.78. The first-order valence-electron chi connectivity index (χ1n) is 5.98. The summed E-state index contributed by atoms with van der Waals surface area (Å²) in [5.41, 5.74) is 3.58. The molecule has 0 radical (unpaired) electrons. The number of aromatic nitrogens is 1. The molecule has 2 aromatic carbocycles. The zero-order valence-corrected chi connectivity index (χ0v) is 10.2. The molecule has 0 saturated heterocycles. The number of hydrogen-bond acceptors (Lipinski definition) is 3. The molecule has 0 atom stereocenters. The van der Waals surface area contributed by atoms with Crippen molar-refractivity contribution in [2.75, 3.05) is 5.32 Å². The van der Waals surface area contributed by atoms with Crippen LogP contribution in [0.25, 0.3) is 10.9 Å². The summed E-state index contributed by atoms with van der Waals surface area (Å²) in [7, 11) is 0. The van der Waals surface area contributed by atoms with Gasteiger partial charge in [0.15, 0.2) is 0 Å². The van der Waals surface area contributed by atoms with E-state index in [4.69, 9.17) is 5.26 Å². The minimum atomic E-state index is 0.658. The van der Waals surface area contributed by atoms with Crippen molar-refractivity contribution in [1.82, 2.24) is 4.98 Å². The van der Waals surface area contributed by atoms with Crippen LogP contribution in [0.5, 0.6) is 0 Å². The van der Waals surface area contributed by atoms with Crippen LogP contribution in [-0.4, -0.2) is 4.98 Å². The van der Waals surface area contributed by atoms with Gasteiger partial charge in [0.05, 0.1) is 17.1 Å². The molecule has 0 unspecified atom stereocenters. The summed E-state index contributed by atoms with van der Waals surface area (Å²) in [5.74, 6) is 0. The van der Waals surface area contributed by atoms with Crippen LogP contribution in [0.2, 0.25) is 0 Å². The first kappa shape index (κ1) is 11.2. The molecule has 0 saturated carbocycles. The summed E-state index contributed by atoms with van der Waals surface area (Å²) in [6.07, 6.45) is 1.79. The van der Waals surface area contributed by atoms with E-state index in [0.717, 1.165) is 22.3 Å². The molecular weight excluding hydrogens is 234 g/mol. The number of anilines is 2. The van der Waals surface area contributed by atoms with E-state index in [9.17, 15) is 0 Å². The van der Waals surface area contributed by atoms with Crippen LogP contribution >= 0.6 is 0 Å². The number of rotatable bonds is 2. The minimum absolute atomic E-state index is 0.658. The first-order valence-corrected chi connectivity index (χ1v) is 5.98. The number of fused-ring (bicyclic) bond motifs is 1. The number of nitriles is 1. The van der Waals surface area contributed by atoms with Crippen LogP contribution in [0.15, 0.2) is 60.8 Å². The van der Waals surface area contributed by atoms with Gasteiger partial charge in [0, 0.05) is 23.0 Å². The predicted octanol–water partition coefficient (Wildman–Crippen LogP) is 3.85. The number of benzene rings is 2. The maximum Gasteiger partial charge on any atom is 0.0991 e. The minimum Gasteiger partial charge on any atom is -0.355 e. The molecule has 90 valence electrons. The molecule has 1 aromatic heterocycles. The third-order valence-electron chi connectivity index (χ3n) is 2.94. The fraction of sp³-hybridized carbons (Fsp3) is 0. The highest BCUT2D eigenvalue weighted by molar-refractivity contribution is 5.92. The fourth-order valence-electron chi connectivity index (χ4n) is 2.00. The van der Waals surface area contributed by atoms with Gasteiger partial charge in [0.2, 0.25) is 0 Å². The molecule has 3 aromatic rings. The van der Waals surface area contributed by atoms with Crippen molar-refractivity contribution in [3.05, 3.63) is 66.4 Å². The monoisotopic (exact) mass is 245 g/mol. The lowest BCUT2D eigenvalue weighted by Gasteiger charge is -2.09. The molecule has 1 N–H and O–H groups in total. The third-order valence-corrected chi connectivity index (χ3v) is 2.94. The maximum absolute atomic E-state index is 8.78. The molecule has 1 heterocycles. The third kappa shape index (κ3) is 2.24. The Hall–Kier alpha value is -2.86. The van der Waals surface area contributed by atoms with Crippen LogP contribution in [0.4, 0.5) is 11.4 Å². The molecule has 3 nitrogen and oxygen atoms in total. The van der Waals surface area contributed by atoms with E-state index in [1.165, 1.54) is 0 Å². The molecule has 3 rings (SSSR count). The van der Waals surface area contributed by atoms with E-state index >= 15 is 0 Å². The van der Waals surface area contributed by atoms with Crippen LogP contribution in [0.1, 0.15) is 5.56 Å². The quantitative estimate of drug-likeness (QED) is 0.746. The van der Waals surface area contributed by atoms with Gasteiger partial charge in [-0.05, 0) is 48.5 Å². The molecule has 0 aliphatic rings. The van der Waals surface area contributed by atoms with Gasteiger partial charge >= 0.3 is 0 Å². The SMILES string of the molecule is N#Cc1ccc(Nc2cccc3ncccc23)cc1. The lowest BCUT2D eigenvalue weighted by atomic mass is 10.1. The Morgan fingerprint density at radius 2 is 1.79 bits per heavy atom. The second kappa shape index (κ2) is 4.79. The largest absolute Gasteiger partial charge is 0.355 e. The Labute approximate surface area is 111 Å². The van der Waals surface area contributed by atoms with Gasteiger partial charge in [0.25, 0.3) is 0 Å². The van der Waals surface area contributed by atoms with E-state index in [0.29, 0.717) is 5.56 Å². The summed E-state index contributed by atoms with van der Waals surface area (Å²) in [5, 5.41) is 13.2. The average molecular weight is 245 g/mol. The van der Waals surface area contributed by atoms with Crippen molar-refractivity contribution in [2.24, 2.45) is 0 Å². The highest BCUT2D eigenvalue weighted by Crippen LogP contribution is 2.25. The molecule has 19 heavy (non-hydrogen) atoms. The molecular formula is C16H11N3. The summed E-state index contributed by atoms with van der Waals surface area (Å²) >= 11 is 0. The normalized spacial score (nSPS) is 10.1. The first-order chi connectivity index (χ1) is 9.36. The number of nitrogens with zero attached hydrogens (tertiary/aromatic N) is 2. The van der Waals surface area contributed by atoms with Gasteiger partial charge in [-0.2, -0.15) is 5.26 Å². The molecule has 3 heteroatoms. The molecule has 0 fully saturated rings. The Morgan fingerprint density at radius 1 is 0.947 bits per heavy atom. The predicted molar refractivity (Wildman–Crippen MR) is 76.2 cm³/mol. The van der Waals surface area contributed by atoms with Crippen LogP contribution in [0.3, 0.4) is 0 Å². The number of hydrogen-bond donors (Lipinski definition) is 1. The van der Waals surface area contributed by atoms with Crippen LogP contribution < -0.4 is 5.32 Å². The zero-order valence-electron chi connectivity index (χ0n) is 10.2. The molecule has 0 aliphatic carbocycles. The van der Waals surface area contributed by atoms with Crippen LogP contribution in [0, 0.1) is 11.3 Å². The molecule has 0 bridgehead atoms. The number of nitrogens with one attached hydrogen (secondary N) is 1. The van der Waals surface area contributed by atoms with Crippen molar-refractivity contribution in [3.8, 4) is 6.07 Å². The zero-order chi connectivity index (χ0) is 13.1. The van der Waals surface area contributed by atoms with E-state index in [1.54, 1.807) is 18.3 Å². The topological polar surface area (TPSA) is 48.7 Å². The summed E-state index contributed by atoms with van der Waals surface area (Å²) in [4.78, 5) is 4.33. The van der Waals surface area contributed by atoms with Crippen molar-refractivity contribution < 1.29 is 0 Å². The smallest absolute Gasteiger partial charge is 0.0991 e. The van der Waals surface area contributed by atoms with E-state index in [-0.39, 0.29) is 0 Å². The number of pyridine rings is 1. The van der Waals surface area contributed by atoms with Gasteiger partial charge in [-0.25, -0.2) is 0 Å². The molecule has 0 spiro atoms. The fourth-order valence-corrected chi connectivity index (χ4v) is 2.00. The summed E-state index contributed by atoms with van der Waals surface area (Å²) in [6, 6.07) is 19.4. The molecule has 0 amide bonds. The van der Waals surface area contributed by atoms with Crippen molar-refractivity contribution in [1.29, 1.82) is 5.26 Å².